The van der Waals surface area contributed by atoms with Gasteiger partial charge in [-0.3, -0.25) is 4.79 Å². The Kier molecular flexibility index (Phi) is 3.04. The van der Waals surface area contributed by atoms with Crippen LogP contribution in [0.2, 0.25) is 5.02 Å². The maximum absolute atomic E-state index is 12.1. The summed E-state index contributed by atoms with van der Waals surface area (Å²) >= 11 is 5.88. The number of furan rings is 1. The van der Waals surface area contributed by atoms with Crippen molar-refractivity contribution in [3.8, 4) is 28.6 Å². The number of hydrogen-bond donors (Lipinski definition) is 2. The summed E-state index contributed by atoms with van der Waals surface area (Å²) in [7, 11) is 0. The largest absolute Gasteiger partial charge is 0.493 e. The third-order valence-corrected chi connectivity index (χ3v) is 3.00. The second kappa shape index (κ2) is 4.86. The van der Waals surface area contributed by atoms with Gasteiger partial charge in [-0.05, 0) is 29.8 Å². The van der Waals surface area contributed by atoms with Crippen LogP contribution >= 0.6 is 11.6 Å². The molecule has 20 heavy (non-hydrogen) atoms. The van der Waals surface area contributed by atoms with E-state index in [-0.39, 0.29) is 17.3 Å². The fourth-order valence-corrected chi connectivity index (χ4v) is 2.09. The van der Waals surface area contributed by atoms with Gasteiger partial charge in [-0.25, -0.2) is 0 Å². The Labute approximate surface area is 118 Å². The Morgan fingerprint density at radius 3 is 2.75 bits per heavy atom. The topological polar surface area (TPSA) is 79.1 Å². The molecule has 0 fully saturated rings. The van der Waals surface area contributed by atoms with Crippen molar-refractivity contribution in [2.24, 2.45) is 0 Å². The second-order valence-electron chi connectivity index (χ2n) is 4.10. The Balaban J connectivity index is 2.17. The van der Waals surface area contributed by atoms with Crippen LogP contribution in [0.1, 0.15) is 0 Å². The van der Waals surface area contributed by atoms with Gasteiger partial charge in [0.15, 0.2) is 11.6 Å². The van der Waals surface area contributed by atoms with E-state index >= 15 is 0 Å². The number of aromatic hydroxyl groups is 1. The lowest BCUT2D eigenvalue weighted by molar-refractivity contribution is 0.452. The first-order valence-corrected chi connectivity index (χ1v) is 6.16. The van der Waals surface area contributed by atoms with Crippen molar-refractivity contribution >= 4 is 11.6 Å². The number of hydrogen-bond acceptors (Lipinski definition) is 4. The zero-order valence-corrected chi connectivity index (χ0v) is 10.9. The highest BCUT2D eigenvalue weighted by Crippen LogP contribution is 2.27. The summed E-state index contributed by atoms with van der Waals surface area (Å²) in [5, 5.41) is 10.5. The van der Waals surface area contributed by atoms with Crippen LogP contribution in [0.4, 0.5) is 0 Å². The van der Waals surface area contributed by atoms with E-state index in [2.05, 4.69) is 9.97 Å². The average molecular weight is 289 g/mol. The van der Waals surface area contributed by atoms with Crippen molar-refractivity contribution in [2.75, 3.05) is 0 Å². The second-order valence-corrected chi connectivity index (χ2v) is 4.54. The molecule has 0 aliphatic heterocycles. The van der Waals surface area contributed by atoms with Crippen LogP contribution in [-0.4, -0.2) is 15.1 Å². The van der Waals surface area contributed by atoms with Gasteiger partial charge in [0.1, 0.15) is 5.56 Å². The fraction of sp³-hybridized carbons (Fsp3) is 0. The van der Waals surface area contributed by atoms with E-state index < -0.39 is 5.56 Å². The van der Waals surface area contributed by atoms with E-state index in [1.807, 2.05) is 0 Å². The smallest absolute Gasteiger partial charge is 0.263 e. The third-order valence-electron chi connectivity index (χ3n) is 2.77. The lowest BCUT2D eigenvalue weighted by atomic mass is 10.1. The molecule has 100 valence electrons. The zero-order chi connectivity index (χ0) is 14.1. The van der Waals surface area contributed by atoms with Crippen LogP contribution in [0.3, 0.4) is 0 Å². The minimum Gasteiger partial charge on any atom is -0.493 e. The van der Waals surface area contributed by atoms with Crippen molar-refractivity contribution in [3.63, 3.8) is 0 Å². The third kappa shape index (κ3) is 2.19. The molecule has 0 bridgehead atoms. The quantitative estimate of drug-likeness (QED) is 0.759. The van der Waals surface area contributed by atoms with Gasteiger partial charge in [-0.1, -0.05) is 23.7 Å². The normalized spacial score (nSPS) is 10.7. The Bertz CT molecular complexity index is 810. The molecule has 0 spiro atoms. The molecule has 1 aromatic carbocycles. The molecule has 0 atom stereocenters. The molecule has 2 aromatic heterocycles. The van der Waals surface area contributed by atoms with Gasteiger partial charge in [0.25, 0.3) is 5.56 Å². The average Bonchev–Trinajstić information content (AvgIpc) is 2.91. The lowest BCUT2D eigenvalue weighted by Gasteiger charge is -2.05. The summed E-state index contributed by atoms with van der Waals surface area (Å²) in [4.78, 5) is 18.6. The Morgan fingerprint density at radius 2 is 2.10 bits per heavy atom. The predicted octanol–water partition coefficient (Wildman–Crippen LogP) is 3.06. The monoisotopic (exact) mass is 288 g/mol. The van der Waals surface area contributed by atoms with Crippen LogP contribution in [0, 0.1) is 0 Å². The molecule has 0 radical (unpaired) electrons. The number of rotatable bonds is 2. The molecule has 0 saturated heterocycles. The van der Waals surface area contributed by atoms with E-state index in [1.54, 1.807) is 36.4 Å². The number of nitrogens with zero attached hydrogens (tertiary/aromatic N) is 1. The zero-order valence-electron chi connectivity index (χ0n) is 10.1. The summed E-state index contributed by atoms with van der Waals surface area (Å²) < 4.78 is 5.13. The molecule has 6 heteroatoms. The minimum atomic E-state index is -0.467. The standard InChI is InChI=1S/C14H9ClN2O3/c15-9-4-1-3-8(7-9)11-13(18)16-12(17-14(11)19)10-5-2-6-20-10/h1-7H,(H2,16,17,18,19). The van der Waals surface area contributed by atoms with Gasteiger partial charge < -0.3 is 14.5 Å². The van der Waals surface area contributed by atoms with Crippen LogP contribution in [-0.2, 0) is 0 Å². The number of nitrogens with one attached hydrogen (secondary N) is 1. The first-order chi connectivity index (χ1) is 9.65. The highest BCUT2D eigenvalue weighted by Gasteiger charge is 2.15. The van der Waals surface area contributed by atoms with Crippen molar-refractivity contribution in [1.29, 1.82) is 0 Å². The molecule has 2 heterocycles. The minimum absolute atomic E-state index is 0.0720. The number of aromatic nitrogens is 2. The molecule has 3 rings (SSSR count). The summed E-state index contributed by atoms with van der Waals surface area (Å²) in [6, 6.07) is 9.93. The van der Waals surface area contributed by atoms with Gasteiger partial charge in [-0.15, -0.1) is 0 Å². The van der Waals surface area contributed by atoms with Gasteiger partial charge in [0.2, 0.25) is 5.88 Å². The predicted molar refractivity (Wildman–Crippen MR) is 74.7 cm³/mol. The Hall–Kier alpha value is -2.53. The first kappa shape index (κ1) is 12.5. The highest BCUT2D eigenvalue weighted by atomic mass is 35.5. The van der Waals surface area contributed by atoms with Crippen molar-refractivity contribution in [2.45, 2.75) is 0 Å². The Morgan fingerprint density at radius 1 is 1.25 bits per heavy atom. The molecule has 0 aliphatic carbocycles. The van der Waals surface area contributed by atoms with Gasteiger partial charge >= 0.3 is 0 Å². The van der Waals surface area contributed by atoms with Gasteiger partial charge in [0, 0.05) is 5.02 Å². The maximum Gasteiger partial charge on any atom is 0.263 e. The number of halogens is 1. The molecule has 3 aromatic rings. The van der Waals surface area contributed by atoms with E-state index in [4.69, 9.17) is 16.0 Å². The van der Waals surface area contributed by atoms with Crippen LogP contribution in [0.5, 0.6) is 5.88 Å². The summed E-state index contributed by atoms with van der Waals surface area (Å²) in [5.41, 5.74) is 0.101. The fourth-order valence-electron chi connectivity index (χ4n) is 1.90. The van der Waals surface area contributed by atoms with Crippen LogP contribution in [0.15, 0.2) is 51.9 Å². The highest BCUT2D eigenvalue weighted by molar-refractivity contribution is 6.30. The molecule has 2 N–H and O–H groups in total. The SMILES string of the molecule is O=c1[nH]c(-c2ccco2)nc(O)c1-c1cccc(Cl)c1. The first-order valence-electron chi connectivity index (χ1n) is 5.78. The molecule has 0 aliphatic rings. The molecule has 0 saturated carbocycles. The van der Waals surface area contributed by atoms with Crippen LogP contribution < -0.4 is 5.56 Å². The van der Waals surface area contributed by atoms with E-state index in [0.29, 0.717) is 16.3 Å². The molecule has 0 amide bonds. The van der Waals surface area contributed by atoms with Crippen molar-refractivity contribution < 1.29 is 9.52 Å². The van der Waals surface area contributed by atoms with Gasteiger partial charge in [0.05, 0.1) is 6.26 Å². The van der Waals surface area contributed by atoms with Crippen molar-refractivity contribution in [1.82, 2.24) is 9.97 Å². The summed E-state index contributed by atoms with van der Waals surface area (Å²) in [6.07, 6.45) is 1.46. The lowest BCUT2D eigenvalue weighted by Crippen LogP contribution is -2.11. The van der Waals surface area contributed by atoms with Gasteiger partial charge in [-0.2, -0.15) is 4.98 Å². The number of H-pyrrole nitrogens is 1. The molecule has 5 nitrogen and oxygen atoms in total. The van der Waals surface area contributed by atoms with E-state index in [0.717, 1.165) is 0 Å². The summed E-state index contributed by atoms with van der Waals surface area (Å²) in [6.45, 7) is 0. The molecule has 0 unspecified atom stereocenters. The molecular formula is C14H9ClN2O3. The molecular weight excluding hydrogens is 280 g/mol. The number of aromatic amines is 1. The summed E-state index contributed by atoms with van der Waals surface area (Å²) in [5.74, 6) is 0.167. The van der Waals surface area contributed by atoms with Crippen molar-refractivity contribution in [3.05, 3.63) is 58.0 Å². The van der Waals surface area contributed by atoms with Crippen LogP contribution in [0.25, 0.3) is 22.7 Å². The van der Waals surface area contributed by atoms with E-state index in [1.165, 1.54) is 6.26 Å². The maximum atomic E-state index is 12.1. The van der Waals surface area contributed by atoms with E-state index in [9.17, 15) is 9.90 Å². The number of benzene rings is 1.